The second kappa shape index (κ2) is 8.88. The normalized spacial score (nSPS) is 14.1. The van der Waals surface area contributed by atoms with Gasteiger partial charge in [-0.25, -0.2) is 0 Å². The van der Waals surface area contributed by atoms with E-state index >= 15 is 0 Å². The predicted octanol–water partition coefficient (Wildman–Crippen LogP) is 6.82. The minimum Gasteiger partial charge on any atom is -0.0623 e. The number of benzene rings is 6. The monoisotopic (exact) mass is 486 g/mol. The van der Waals surface area contributed by atoms with Gasteiger partial charge in [0.2, 0.25) is 0 Å². The second-order valence-corrected chi connectivity index (χ2v) is 13.4. The Balaban J connectivity index is 1.79. The van der Waals surface area contributed by atoms with E-state index < -0.39 is 8.07 Å². The molecule has 0 fully saturated rings. The molecule has 0 radical (unpaired) electrons. The molecule has 1 aliphatic rings. The largest absolute Gasteiger partial charge is 0.181 e. The van der Waals surface area contributed by atoms with Crippen molar-refractivity contribution in [2.24, 2.45) is 0 Å². The van der Waals surface area contributed by atoms with Crippen LogP contribution in [-0.2, 0) is 0 Å². The van der Waals surface area contributed by atoms with Crippen LogP contribution in [0.2, 0.25) is 0 Å². The molecular formula is C36H26Si. The predicted molar refractivity (Wildman–Crippen MR) is 160 cm³/mol. The van der Waals surface area contributed by atoms with Crippen molar-refractivity contribution in [3.8, 4) is 0 Å². The van der Waals surface area contributed by atoms with Crippen LogP contribution < -0.4 is 15.6 Å². The van der Waals surface area contributed by atoms with Gasteiger partial charge in [0.1, 0.15) is 0 Å². The molecule has 1 aliphatic heterocycles. The fourth-order valence-electron chi connectivity index (χ4n) is 6.33. The first kappa shape index (κ1) is 21.8. The summed E-state index contributed by atoms with van der Waals surface area (Å²) in [6.45, 7) is 0. The molecule has 6 aromatic rings. The van der Waals surface area contributed by atoms with Crippen LogP contribution >= 0.6 is 0 Å². The molecule has 174 valence electrons. The summed E-state index contributed by atoms with van der Waals surface area (Å²) in [6, 6.07) is 58.4. The summed E-state index contributed by atoms with van der Waals surface area (Å²) in [5.41, 5.74) is 5.25. The maximum absolute atomic E-state index is 2.72. The zero-order valence-corrected chi connectivity index (χ0v) is 21.5. The molecule has 6 aromatic carbocycles. The molecule has 0 saturated carbocycles. The molecule has 37 heavy (non-hydrogen) atoms. The molecule has 0 aliphatic carbocycles. The van der Waals surface area contributed by atoms with E-state index in [-0.39, 0.29) is 0 Å². The summed E-state index contributed by atoms with van der Waals surface area (Å²) >= 11 is 0. The first-order valence-corrected chi connectivity index (χ1v) is 14.9. The first-order chi connectivity index (χ1) is 18.4. The van der Waals surface area contributed by atoms with E-state index in [9.17, 15) is 0 Å². The van der Waals surface area contributed by atoms with Gasteiger partial charge in [0, 0.05) is 0 Å². The quantitative estimate of drug-likeness (QED) is 0.240. The highest BCUT2D eigenvalue weighted by Gasteiger charge is 2.48. The molecule has 0 N–H and O–H groups in total. The highest BCUT2D eigenvalue weighted by atomic mass is 28.3. The topological polar surface area (TPSA) is 0 Å². The highest BCUT2D eigenvalue weighted by Crippen LogP contribution is 2.44. The van der Waals surface area contributed by atoms with Gasteiger partial charge in [-0.2, -0.15) is 0 Å². The molecule has 0 nitrogen and oxygen atoms in total. The van der Waals surface area contributed by atoms with E-state index in [1.165, 1.54) is 53.8 Å². The van der Waals surface area contributed by atoms with Crippen molar-refractivity contribution in [2.75, 3.05) is 0 Å². The molecule has 0 spiro atoms. The van der Waals surface area contributed by atoms with Crippen LogP contribution in [0.4, 0.5) is 0 Å². The third-order valence-corrected chi connectivity index (χ3v) is 12.7. The molecule has 0 saturated heterocycles. The minimum atomic E-state index is -2.72. The summed E-state index contributed by atoms with van der Waals surface area (Å²) in [4.78, 5) is 0. The van der Waals surface area contributed by atoms with Crippen LogP contribution in [0.3, 0.4) is 0 Å². The number of rotatable bonds is 4. The molecule has 0 unspecified atom stereocenters. The Labute approximate surface area is 219 Å². The lowest BCUT2D eigenvalue weighted by atomic mass is 9.91. The van der Waals surface area contributed by atoms with Crippen molar-refractivity contribution >= 4 is 45.2 Å². The van der Waals surface area contributed by atoms with Crippen molar-refractivity contribution in [2.45, 2.75) is 0 Å². The summed E-state index contributed by atoms with van der Waals surface area (Å²) in [7, 11) is -2.72. The second-order valence-electron chi connectivity index (χ2n) is 9.67. The zero-order chi connectivity index (χ0) is 24.7. The van der Waals surface area contributed by atoms with Crippen LogP contribution in [0.1, 0.15) is 16.7 Å². The van der Waals surface area contributed by atoms with Gasteiger partial charge in [0.05, 0.1) is 0 Å². The maximum atomic E-state index is 2.41. The SMILES string of the molecule is c1ccc(C2=C(c3ccccc3)[Si](c3ccccc3)(c3ccccc3)c3cccc4cccc2c34)cc1. The van der Waals surface area contributed by atoms with E-state index in [4.69, 9.17) is 0 Å². The fraction of sp³-hybridized carbons (Fsp3) is 0. The van der Waals surface area contributed by atoms with E-state index in [0.717, 1.165) is 0 Å². The first-order valence-electron chi connectivity index (χ1n) is 12.9. The average Bonchev–Trinajstić information content (AvgIpc) is 2.99. The summed E-state index contributed by atoms with van der Waals surface area (Å²) in [5.74, 6) is 0. The standard InChI is InChI=1S/C36H26Si/c1-5-15-28(16-6-1)35-32-25-13-19-27-20-14-26-33(34(27)32)37(30-21-9-3-10-22-30,31-23-11-4-12-24-31)36(35)29-17-7-2-8-18-29/h1-26H. The van der Waals surface area contributed by atoms with Gasteiger partial charge in [0.15, 0.2) is 8.07 Å². The molecule has 1 heterocycles. The van der Waals surface area contributed by atoms with Crippen LogP contribution in [0, 0.1) is 0 Å². The molecular weight excluding hydrogens is 460 g/mol. The molecule has 1 heteroatoms. The van der Waals surface area contributed by atoms with E-state index in [1.807, 2.05) is 0 Å². The Hall–Kier alpha value is -4.46. The Bertz CT molecular complexity index is 1690. The Kier molecular flexibility index (Phi) is 5.23. The third-order valence-electron chi connectivity index (χ3n) is 7.74. The fourth-order valence-corrected chi connectivity index (χ4v) is 11.8. The van der Waals surface area contributed by atoms with Gasteiger partial charge in [-0.15, -0.1) is 0 Å². The average molecular weight is 487 g/mol. The number of hydrogen-bond acceptors (Lipinski definition) is 0. The van der Waals surface area contributed by atoms with Crippen molar-refractivity contribution in [1.29, 1.82) is 0 Å². The highest BCUT2D eigenvalue weighted by molar-refractivity contribution is 7.25. The molecule has 0 amide bonds. The van der Waals surface area contributed by atoms with E-state index in [0.29, 0.717) is 0 Å². The molecule has 0 atom stereocenters. The molecule has 7 rings (SSSR count). The zero-order valence-electron chi connectivity index (χ0n) is 20.5. The minimum absolute atomic E-state index is 1.27. The summed E-state index contributed by atoms with van der Waals surface area (Å²) in [5, 5.41) is 8.45. The Morgan fingerprint density at radius 3 is 1.43 bits per heavy atom. The summed E-state index contributed by atoms with van der Waals surface area (Å²) < 4.78 is 0. The Morgan fingerprint density at radius 2 is 0.865 bits per heavy atom. The lowest BCUT2D eigenvalue weighted by molar-refractivity contribution is 1.55. The lowest BCUT2D eigenvalue weighted by Crippen LogP contribution is -2.69. The van der Waals surface area contributed by atoms with Crippen LogP contribution in [0.25, 0.3) is 21.5 Å². The Morgan fingerprint density at radius 1 is 0.378 bits per heavy atom. The van der Waals surface area contributed by atoms with Crippen LogP contribution in [-0.4, -0.2) is 8.07 Å². The molecule has 0 bridgehead atoms. The molecule has 0 aromatic heterocycles. The van der Waals surface area contributed by atoms with Gasteiger partial charge in [-0.05, 0) is 53.8 Å². The van der Waals surface area contributed by atoms with Gasteiger partial charge < -0.3 is 0 Å². The lowest BCUT2D eigenvalue weighted by Gasteiger charge is -2.42. The van der Waals surface area contributed by atoms with Gasteiger partial charge in [0.25, 0.3) is 0 Å². The van der Waals surface area contributed by atoms with Crippen molar-refractivity contribution in [3.05, 3.63) is 174 Å². The smallest absolute Gasteiger partial charge is 0.0623 e. The van der Waals surface area contributed by atoms with Crippen LogP contribution in [0.15, 0.2) is 158 Å². The van der Waals surface area contributed by atoms with Crippen molar-refractivity contribution in [3.63, 3.8) is 0 Å². The van der Waals surface area contributed by atoms with E-state index in [2.05, 4.69) is 158 Å². The van der Waals surface area contributed by atoms with Gasteiger partial charge >= 0.3 is 0 Å². The maximum Gasteiger partial charge on any atom is 0.181 e. The third kappa shape index (κ3) is 3.28. The number of hydrogen-bond donors (Lipinski definition) is 0. The van der Waals surface area contributed by atoms with Crippen molar-refractivity contribution < 1.29 is 0 Å². The summed E-state index contributed by atoms with van der Waals surface area (Å²) in [6.07, 6.45) is 0. The van der Waals surface area contributed by atoms with Crippen molar-refractivity contribution in [1.82, 2.24) is 0 Å². The van der Waals surface area contributed by atoms with Crippen LogP contribution in [0.5, 0.6) is 0 Å². The van der Waals surface area contributed by atoms with Gasteiger partial charge in [-0.3, -0.25) is 0 Å². The van der Waals surface area contributed by atoms with E-state index in [1.54, 1.807) is 0 Å². The van der Waals surface area contributed by atoms with Gasteiger partial charge in [-0.1, -0.05) is 158 Å².